The van der Waals surface area contributed by atoms with Gasteiger partial charge in [0.2, 0.25) is 0 Å². The Balaban J connectivity index is 0.000000285. The molecular formula is C46H60N27O10S-. The number of imide groups is 1. The van der Waals surface area contributed by atoms with E-state index in [1.165, 1.54) is 72.8 Å². The van der Waals surface area contributed by atoms with Gasteiger partial charge in [-0.25, -0.2) is 9.00 Å². The average Bonchev–Trinajstić information content (AvgIpc) is 3.78. The van der Waals surface area contributed by atoms with Gasteiger partial charge in [-0.2, -0.15) is 0 Å². The molecule has 38 heteroatoms. The fourth-order valence-electron chi connectivity index (χ4n) is 8.66. The van der Waals surface area contributed by atoms with Crippen LogP contribution in [0.5, 0.6) is 5.75 Å². The molecule has 1 saturated heterocycles. The molecule has 4 amide bonds. The maximum atomic E-state index is 13.4. The van der Waals surface area contributed by atoms with Gasteiger partial charge in [-0.3, -0.25) is 28.7 Å². The third-order valence-corrected chi connectivity index (χ3v) is 13.9. The lowest BCUT2D eigenvalue weighted by Gasteiger charge is -2.35. The van der Waals surface area contributed by atoms with E-state index in [-0.39, 0.29) is 34.2 Å². The molecule has 4 aromatic rings. The van der Waals surface area contributed by atoms with E-state index in [0.29, 0.717) is 22.8 Å². The van der Waals surface area contributed by atoms with Gasteiger partial charge < -0.3 is 87.8 Å². The van der Waals surface area contributed by atoms with Gasteiger partial charge >= 0.3 is 5.97 Å². The first kappa shape index (κ1) is 65.9. The predicted octanol–water partition coefficient (Wildman–Crippen LogP) is -1.34. The molecule has 3 aliphatic rings. The largest absolute Gasteiger partial charge is 0.750 e. The number of azide groups is 4. The number of nitrogens with zero attached hydrogens (tertiary/aromatic N) is 13. The summed E-state index contributed by atoms with van der Waals surface area (Å²) in [5, 5.41) is 22.8. The number of ether oxygens (including phenoxy) is 1. The predicted molar refractivity (Wildman–Crippen MR) is 299 cm³/mol. The molecule has 3 fully saturated rings. The Morgan fingerprint density at radius 1 is 0.524 bits per heavy atom. The quantitative estimate of drug-likeness (QED) is 0.0117. The molecule has 1 heterocycles. The van der Waals surface area contributed by atoms with Gasteiger partial charge in [-0.05, 0) is 82.8 Å². The molecule has 0 radical (unpaired) electrons. The summed E-state index contributed by atoms with van der Waals surface area (Å²) < 4.78 is 30.8. The Bertz CT molecular complexity index is 3110. The number of carbonyl (C=O) groups excluding carboxylic acids is 5. The number of hydrogen-bond donors (Lipinski definition) is 14. The van der Waals surface area contributed by atoms with Crippen molar-refractivity contribution in [2.24, 2.45) is 83.5 Å². The summed E-state index contributed by atoms with van der Waals surface area (Å²) in [5.74, 6) is -3.65. The van der Waals surface area contributed by atoms with E-state index >= 15 is 0 Å². The van der Waals surface area contributed by atoms with Gasteiger partial charge in [-0.1, -0.05) is 61.9 Å². The third kappa shape index (κ3) is 17.1. The van der Waals surface area contributed by atoms with E-state index in [1.807, 2.05) is 0 Å². The number of hydrogen-bond acceptors (Lipinski definition) is 26. The first-order valence-corrected chi connectivity index (χ1v) is 25.7. The van der Waals surface area contributed by atoms with Crippen LogP contribution in [0.4, 0.5) is 22.7 Å². The molecular weight excluding hydrogens is 1120 g/mol. The molecule has 446 valence electrons. The van der Waals surface area contributed by atoms with Crippen LogP contribution in [0.1, 0.15) is 37.5 Å². The van der Waals surface area contributed by atoms with Crippen LogP contribution < -0.4 is 83.8 Å². The highest BCUT2D eigenvalue weighted by molar-refractivity contribution is 7.74. The minimum atomic E-state index is -2.99. The number of amides is 4. The first-order chi connectivity index (χ1) is 40.0. The van der Waals surface area contributed by atoms with Gasteiger partial charge in [0, 0.05) is 126 Å². The van der Waals surface area contributed by atoms with Crippen molar-refractivity contribution in [3.63, 3.8) is 0 Å². The Hall–Kier alpha value is -8.94. The van der Waals surface area contributed by atoms with E-state index < -0.39 is 138 Å². The van der Waals surface area contributed by atoms with E-state index in [1.54, 1.807) is 24.3 Å². The number of carbonyl (C=O) groups is 5. The molecule has 9 unspecified atom stereocenters. The molecule has 1 aliphatic heterocycles. The van der Waals surface area contributed by atoms with E-state index in [0.717, 1.165) is 0 Å². The lowest BCUT2D eigenvalue weighted by atomic mass is 9.93. The smallest absolute Gasteiger partial charge is 0.363 e. The van der Waals surface area contributed by atoms with Crippen molar-refractivity contribution in [2.75, 3.05) is 6.73 Å². The lowest BCUT2D eigenvalue weighted by molar-refractivity contribution is -0.174. The van der Waals surface area contributed by atoms with Gasteiger partial charge in [0.1, 0.15) is 12.5 Å². The monoisotopic (exact) mass is 1180 g/mol. The van der Waals surface area contributed by atoms with E-state index in [2.05, 4.69) is 65.1 Å². The number of nitrogens with one attached hydrogen (secondary N) is 3. The van der Waals surface area contributed by atoms with Crippen molar-refractivity contribution in [3.05, 3.63) is 156 Å². The first-order valence-electron chi connectivity index (χ1n) is 24.7. The molecule has 2 saturated carbocycles. The summed E-state index contributed by atoms with van der Waals surface area (Å²) >= 11 is -2.99. The maximum Gasteiger partial charge on any atom is 0.363 e. The Kier molecular flexibility index (Phi) is 24.2. The highest BCUT2D eigenvalue weighted by atomic mass is 32.2. The van der Waals surface area contributed by atoms with Crippen molar-refractivity contribution in [1.29, 1.82) is 0 Å². The minimum Gasteiger partial charge on any atom is -0.750 e. The zero-order valence-electron chi connectivity index (χ0n) is 44.0. The van der Waals surface area contributed by atoms with Gasteiger partial charge in [-0.15, -0.1) is 0 Å². The minimum absolute atomic E-state index is 0.0146. The molecule has 9 atom stereocenters. The number of nitrogens with two attached hydrogens (primary N) is 11. The number of hydroxylamine groups is 2. The summed E-state index contributed by atoms with van der Waals surface area (Å²) in [5.41, 5.74) is 103. The van der Waals surface area contributed by atoms with Crippen molar-refractivity contribution in [2.45, 2.75) is 97.1 Å². The van der Waals surface area contributed by atoms with Gasteiger partial charge in [0.05, 0.1) is 35.4 Å². The molecule has 0 aromatic heterocycles. The summed E-state index contributed by atoms with van der Waals surface area (Å²) in [6.07, 6.45) is -2.11. The molecule has 7 rings (SSSR count). The molecule has 0 spiro atoms. The topological polar surface area (TPSA) is 674 Å². The number of rotatable bonds is 16. The van der Waals surface area contributed by atoms with Gasteiger partial charge in [0.15, 0.2) is 6.10 Å². The highest BCUT2D eigenvalue weighted by Gasteiger charge is 2.48. The second-order valence-electron chi connectivity index (χ2n) is 18.7. The zero-order chi connectivity index (χ0) is 61.9. The summed E-state index contributed by atoms with van der Waals surface area (Å²) in [4.78, 5) is 77.2. The lowest BCUT2D eigenvalue weighted by Crippen LogP contribution is -2.67. The van der Waals surface area contributed by atoms with Crippen LogP contribution in [0.3, 0.4) is 0 Å². The third-order valence-electron chi connectivity index (χ3n) is 13.5. The Morgan fingerprint density at radius 2 is 0.857 bits per heavy atom. The van der Waals surface area contributed by atoms with Crippen LogP contribution in [0.25, 0.3) is 41.8 Å². The van der Waals surface area contributed by atoms with E-state index in [9.17, 15) is 32.7 Å². The highest BCUT2D eigenvalue weighted by Crippen LogP contribution is 2.24. The van der Waals surface area contributed by atoms with Crippen molar-refractivity contribution in [3.8, 4) is 5.75 Å². The van der Waals surface area contributed by atoms with Crippen molar-refractivity contribution < 1.29 is 46.5 Å². The molecule has 2 aliphatic carbocycles. The maximum absolute atomic E-state index is 13.4. The van der Waals surface area contributed by atoms with E-state index in [4.69, 9.17) is 89.9 Å². The van der Waals surface area contributed by atoms with Crippen LogP contribution in [-0.2, 0) is 30.0 Å². The standard InChI is InChI=1S/C28H32N16O3.C11H8N4O7S.C7H21N7/c29-20-21(30)25(37-27(45)14-1-5-16(6-2-14)39-42-33)23(32)26(38-28(46)15-3-7-17(8-4-15)40-43-34)22(31)24(20)36-13-47-19-11-9-18(10-12-19)41-44-35;12-14-13-7-3-1-6(2-4-7)11(18)21-15-9(16)5-8(10(15)17)22-23(19)20;8-1-2(9)4(11)6(13)7(14)5(12)3(1)10/h1-12,20-26,36H,13,29-32H2,(H,37,45)(H,38,46);1-4,8H,5H2,(H,19,20);1-7H,8-14H2/p-1. The Morgan fingerprint density at radius 3 is 1.23 bits per heavy atom. The second-order valence-corrected chi connectivity index (χ2v) is 19.3. The van der Waals surface area contributed by atoms with Crippen molar-refractivity contribution in [1.82, 2.24) is 21.0 Å². The normalized spacial score (nSPS) is 27.4. The fourth-order valence-corrected chi connectivity index (χ4v) is 9.00. The Labute approximate surface area is 478 Å². The fraction of sp³-hybridized carbons (Fsp3) is 0.370. The van der Waals surface area contributed by atoms with Crippen molar-refractivity contribution >= 4 is 63.7 Å². The van der Waals surface area contributed by atoms with Crippen LogP contribution in [-0.4, -0.2) is 141 Å². The van der Waals surface area contributed by atoms with Crippen LogP contribution in [0.15, 0.2) is 118 Å². The van der Waals surface area contributed by atoms with Crippen LogP contribution in [0.2, 0.25) is 0 Å². The zero-order valence-corrected chi connectivity index (χ0v) is 44.8. The molecule has 4 aromatic carbocycles. The van der Waals surface area contributed by atoms with Crippen LogP contribution in [0, 0.1) is 0 Å². The summed E-state index contributed by atoms with van der Waals surface area (Å²) in [6.45, 7) is -0.0784. The molecule has 84 heavy (non-hydrogen) atoms. The molecule has 37 nitrogen and oxygen atoms in total. The number of benzene rings is 4. The summed E-state index contributed by atoms with van der Waals surface area (Å²) in [7, 11) is 0. The van der Waals surface area contributed by atoms with Gasteiger partial charge in [0.25, 0.3) is 23.6 Å². The molecule has 25 N–H and O–H groups in total. The second kappa shape index (κ2) is 30.9. The summed E-state index contributed by atoms with van der Waals surface area (Å²) in [6, 6.07) is 13.5. The van der Waals surface area contributed by atoms with Crippen LogP contribution >= 0.6 is 0 Å². The SMILES string of the molecule is NC1C(N)C(N)C(N)C(N)C(N)C1N.[N-]=[N+]=Nc1ccc(C(=O)ON2C(=O)CC(OS(=O)[O-])C2=O)cc1.[N-]=[N+]=Nc1ccc(OCNC2C(N)C(N)C(NC(=O)c3ccc(N=[N+]=[N-])cc3)C(N)C(NC(=O)c3ccc(N=[N+]=[N-])cc3)C2N)cc1. The average molecular weight is 1180 g/mol. The molecule has 0 bridgehead atoms.